The first-order chi connectivity index (χ1) is 14.3. The lowest BCUT2D eigenvalue weighted by Gasteiger charge is -2.33. The van der Waals surface area contributed by atoms with Gasteiger partial charge in [-0.1, -0.05) is 66.7 Å². The van der Waals surface area contributed by atoms with Gasteiger partial charge in [-0.05, 0) is 28.8 Å². The lowest BCUT2D eigenvalue weighted by molar-refractivity contribution is 0.608. The first kappa shape index (κ1) is 17.6. The fourth-order valence-corrected chi connectivity index (χ4v) is 3.92. The lowest BCUT2D eigenvalue weighted by atomic mass is 9.96. The molecule has 0 spiro atoms. The van der Waals surface area contributed by atoms with E-state index in [4.69, 9.17) is 15.7 Å². The molecule has 5 rings (SSSR count). The second-order valence-corrected chi connectivity index (χ2v) is 7.41. The van der Waals surface area contributed by atoms with Gasteiger partial charge < -0.3 is 16.0 Å². The van der Waals surface area contributed by atoms with Crippen LogP contribution in [0.2, 0.25) is 0 Å². The summed E-state index contributed by atoms with van der Waals surface area (Å²) in [4.78, 5) is 11.9. The van der Waals surface area contributed by atoms with E-state index in [0.29, 0.717) is 19.0 Å². The number of nitrogens with two attached hydrogens (primary N) is 1. The third-order valence-corrected chi connectivity index (χ3v) is 5.41. The zero-order chi connectivity index (χ0) is 19.6. The van der Waals surface area contributed by atoms with E-state index in [1.165, 1.54) is 16.7 Å². The van der Waals surface area contributed by atoms with Gasteiger partial charge in [-0.15, -0.1) is 0 Å². The molecule has 0 amide bonds. The lowest BCUT2D eigenvalue weighted by Crippen LogP contribution is -2.38. The molecule has 1 unspecified atom stereocenters. The van der Waals surface area contributed by atoms with Crippen LogP contribution in [-0.2, 0) is 13.1 Å². The number of nitrogens with zero attached hydrogens (tertiary/aromatic N) is 3. The molecule has 144 valence electrons. The molecule has 0 aliphatic carbocycles. The SMILES string of the molecule is NC1CN(c2nc(NCc3ccccc3)c3ccccc3n2)Cc2ccccc21. The summed E-state index contributed by atoms with van der Waals surface area (Å²) in [5.74, 6) is 1.56. The van der Waals surface area contributed by atoms with E-state index < -0.39 is 0 Å². The van der Waals surface area contributed by atoms with Crippen molar-refractivity contribution in [3.05, 3.63) is 95.6 Å². The number of aromatic nitrogens is 2. The van der Waals surface area contributed by atoms with Gasteiger partial charge in [-0.2, -0.15) is 4.98 Å². The van der Waals surface area contributed by atoms with E-state index in [1.54, 1.807) is 0 Å². The second-order valence-electron chi connectivity index (χ2n) is 7.41. The van der Waals surface area contributed by atoms with Gasteiger partial charge in [0.05, 0.1) is 5.52 Å². The van der Waals surface area contributed by atoms with E-state index >= 15 is 0 Å². The van der Waals surface area contributed by atoms with Gasteiger partial charge in [0.25, 0.3) is 0 Å². The predicted molar refractivity (Wildman–Crippen MR) is 118 cm³/mol. The Bertz CT molecular complexity index is 1140. The van der Waals surface area contributed by atoms with Gasteiger partial charge in [0, 0.05) is 31.1 Å². The zero-order valence-corrected chi connectivity index (χ0v) is 16.1. The van der Waals surface area contributed by atoms with Gasteiger partial charge >= 0.3 is 0 Å². The molecule has 3 N–H and O–H groups in total. The van der Waals surface area contributed by atoms with Crippen LogP contribution in [-0.4, -0.2) is 16.5 Å². The maximum absolute atomic E-state index is 6.45. The van der Waals surface area contributed by atoms with Crippen LogP contribution in [0.5, 0.6) is 0 Å². The topological polar surface area (TPSA) is 67.1 Å². The summed E-state index contributed by atoms with van der Waals surface area (Å²) in [7, 11) is 0. The summed E-state index contributed by atoms with van der Waals surface area (Å²) in [6, 6.07) is 26.8. The Morgan fingerprint density at radius 1 is 0.897 bits per heavy atom. The van der Waals surface area contributed by atoms with Gasteiger partial charge in [-0.25, -0.2) is 4.98 Å². The van der Waals surface area contributed by atoms with E-state index in [1.807, 2.05) is 42.5 Å². The van der Waals surface area contributed by atoms with Crippen LogP contribution in [0.25, 0.3) is 10.9 Å². The third kappa shape index (κ3) is 3.52. The summed E-state index contributed by atoms with van der Waals surface area (Å²) < 4.78 is 0. The van der Waals surface area contributed by atoms with Crippen molar-refractivity contribution in [1.29, 1.82) is 0 Å². The van der Waals surface area contributed by atoms with Crippen LogP contribution in [0.1, 0.15) is 22.7 Å². The van der Waals surface area contributed by atoms with Gasteiger partial charge in [0.1, 0.15) is 5.82 Å². The quantitative estimate of drug-likeness (QED) is 0.553. The molecule has 5 nitrogen and oxygen atoms in total. The molecule has 1 aromatic heterocycles. The molecule has 1 aliphatic heterocycles. The summed E-state index contributed by atoms with van der Waals surface area (Å²) in [6.45, 7) is 2.18. The number of para-hydroxylation sites is 1. The van der Waals surface area contributed by atoms with Gasteiger partial charge in [0.2, 0.25) is 5.95 Å². The van der Waals surface area contributed by atoms with Crippen molar-refractivity contribution in [3.63, 3.8) is 0 Å². The first-order valence-corrected chi connectivity index (χ1v) is 9.91. The Morgan fingerprint density at radius 3 is 2.55 bits per heavy atom. The highest BCUT2D eigenvalue weighted by Gasteiger charge is 2.24. The number of hydrogen-bond acceptors (Lipinski definition) is 5. The minimum atomic E-state index is -0.0456. The molecule has 0 bridgehead atoms. The Morgan fingerprint density at radius 2 is 1.66 bits per heavy atom. The minimum absolute atomic E-state index is 0.0456. The van der Waals surface area contributed by atoms with Crippen molar-refractivity contribution in [2.24, 2.45) is 5.73 Å². The normalized spacial score (nSPS) is 15.9. The Kier molecular flexibility index (Phi) is 4.58. The molecule has 1 aliphatic rings. The van der Waals surface area contributed by atoms with E-state index in [-0.39, 0.29) is 6.04 Å². The highest BCUT2D eigenvalue weighted by molar-refractivity contribution is 5.90. The van der Waals surface area contributed by atoms with E-state index in [0.717, 1.165) is 23.3 Å². The zero-order valence-electron chi connectivity index (χ0n) is 16.1. The first-order valence-electron chi connectivity index (χ1n) is 9.91. The molecule has 0 saturated carbocycles. The van der Waals surface area contributed by atoms with Crippen LogP contribution in [0.3, 0.4) is 0 Å². The molecule has 2 heterocycles. The average molecular weight is 381 g/mol. The Balaban J connectivity index is 1.50. The number of benzene rings is 3. The number of anilines is 2. The number of nitrogens with one attached hydrogen (secondary N) is 1. The van der Waals surface area contributed by atoms with Crippen LogP contribution in [0, 0.1) is 0 Å². The average Bonchev–Trinajstić information content (AvgIpc) is 2.78. The van der Waals surface area contributed by atoms with Crippen molar-refractivity contribution in [3.8, 4) is 0 Å². The highest BCUT2D eigenvalue weighted by Crippen LogP contribution is 2.30. The molecule has 5 heteroatoms. The number of rotatable bonds is 4. The summed E-state index contributed by atoms with van der Waals surface area (Å²) in [5.41, 5.74) is 11.0. The van der Waals surface area contributed by atoms with Crippen LogP contribution in [0.15, 0.2) is 78.9 Å². The number of fused-ring (bicyclic) bond motifs is 2. The molecular formula is C24H23N5. The summed E-state index contributed by atoms with van der Waals surface area (Å²) in [5, 5.41) is 4.53. The highest BCUT2D eigenvalue weighted by atomic mass is 15.3. The molecule has 0 radical (unpaired) electrons. The fraction of sp³-hybridized carbons (Fsp3) is 0.167. The van der Waals surface area contributed by atoms with Crippen molar-refractivity contribution in [1.82, 2.24) is 9.97 Å². The third-order valence-electron chi connectivity index (χ3n) is 5.41. The van der Waals surface area contributed by atoms with Crippen LogP contribution < -0.4 is 16.0 Å². The van der Waals surface area contributed by atoms with Crippen molar-refractivity contribution < 1.29 is 0 Å². The molecule has 3 aromatic carbocycles. The van der Waals surface area contributed by atoms with Gasteiger partial charge in [-0.3, -0.25) is 0 Å². The molecule has 0 fully saturated rings. The Labute approximate surface area is 170 Å². The predicted octanol–water partition coefficient (Wildman–Crippen LogP) is 4.26. The van der Waals surface area contributed by atoms with E-state index in [9.17, 15) is 0 Å². The minimum Gasteiger partial charge on any atom is -0.365 e. The van der Waals surface area contributed by atoms with Crippen LogP contribution >= 0.6 is 0 Å². The fourth-order valence-electron chi connectivity index (χ4n) is 3.92. The molecular weight excluding hydrogens is 358 g/mol. The number of hydrogen-bond donors (Lipinski definition) is 2. The van der Waals surface area contributed by atoms with Crippen LogP contribution in [0.4, 0.5) is 11.8 Å². The Hall–Kier alpha value is -3.44. The molecule has 0 saturated heterocycles. The monoisotopic (exact) mass is 381 g/mol. The van der Waals surface area contributed by atoms with Crippen molar-refractivity contribution in [2.75, 3.05) is 16.8 Å². The largest absolute Gasteiger partial charge is 0.365 e. The molecule has 4 aromatic rings. The standard InChI is InChI=1S/C24H23N5/c25-21-16-29(15-18-10-4-5-11-19(18)21)24-27-22-13-7-6-12-20(22)23(28-24)26-14-17-8-2-1-3-9-17/h1-13,21H,14-16,25H2,(H,26,27,28). The maximum Gasteiger partial charge on any atom is 0.228 e. The summed E-state index contributed by atoms with van der Waals surface area (Å²) in [6.07, 6.45) is 0. The second kappa shape index (κ2) is 7.53. The van der Waals surface area contributed by atoms with Crippen molar-refractivity contribution >= 4 is 22.7 Å². The van der Waals surface area contributed by atoms with E-state index in [2.05, 4.69) is 46.6 Å². The van der Waals surface area contributed by atoms with Crippen molar-refractivity contribution in [2.45, 2.75) is 19.1 Å². The summed E-state index contributed by atoms with van der Waals surface area (Å²) >= 11 is 0. The molecule has 1 atom stereocenters. The van der Waals surface area contributed by atoms with Gasteiger partial charge in [0.15, 0.2) is 0 Å². The molecule has 29 heavy (non-hydrogen) atoms. The maximum atomic E-state index is 6.45. The smallest absolute Gasteiger partial charge is 0.228 e.